The van der Waals surface area contributed by atoms with Crippen molar-refractivity contribution in [3.63, 3.8) is 0 Å². The minimum absolute atomic E-state index is 0.361. The second-order valence-electron chi connectivity index (χ2n) is 5.07. The second-order valence-corrected chi connectivity index (χ2v) is 5.07. The maximum absolute atomic E-state index is 11.2. The van der Waals surface area contributed by atoms with Crippen LogP contribution in [0, 0.1) is 5.41 Å². The molecule has 0 aliphatic rings. The van der Waals surface area contributed by atoms with E-state index in [2.05, 4.69) is 13.2 Å². The Morgan fingerprint density at radius 3 is 1.53 bits per heavy atom. The Balaban J connectivity index is 5.16. The summed E-state index contributed by atoms with van der Waals surface area (Å²) in [6.45, 7) is 13.9. The molecule has 0 N–H and O–H groups in total. The smallest absolute Gasteiger partial charge is 0.302 e. The molecule has 0 spiro atoms. The van der Waals surface area contributed by atoms with Crippen LogP contribution in [-0.2, 0) is 19.1 Å². The SMILES string of the molecule is C=CC[C@@H](OC(C)=O)C(C)(C)[C@@H](CC=C)OC(C)=O. The summed E-state index contributed by atoms with van der Waals surface area (Å²) in [5.74, 6) is -0.722. The van der Waals surface area contributed by atoms with Gasteiger partial charge >= 0.3 is 11.9 Å². The van der Waals surface area contributed by atoms with Crippen molar-refractivity contribution in [2.75, 3.05) is 0 Å². The molecule has 0 aromatic rings. The molecule has 0 rings (SSSR count). The van der Waals surface area contributed by atoms with Gasteiger partial charge in [0.25, 0.3) is 0 Å². The zero-order valence-corrected chi connectivity index (χ0v) is 12.3. The van der Waals surface area contributed by atoms with Crippen LogP contribution in [0.3, 0.4) is 0 Å². The number of carbonyl (C=O) groups is 2. The van der Waals surface area contributed by atoms with Gasteiger partial charge in [-0.1, -0.05) is 26.0 Å². The summed E-state index contributed by atoms with van der Waals surface area (Å²) < 4.78 is 10.7. The molecule has 0 aromatic heterocycles. The molecule has 0 aliphatic carbocycles. The Morgan fingerprint density at radius 2 is 1.32 bits per heavy atom. The largest absolute Gasteiger partial charge is 0.462 e. The summed E-state index contributed by atoms with van der Waals surface area (Å²) in [5, 5.41) is 0. The van der Waals surface area contributed by atoms with E-state index in [9.17, 15) is 9.59 Å². The van der Waals surface area contributed by atoms with Crippen molar-refractivity contribution >= 4 is 11.9 Å². The van der Waals surface area contributed by atoms with Crippen molar-refractivity contribution in [3.8, 4) is 0 Å². The first-order valence-electron chi connectivity index (χ1n) is 6.31. The molecule has 0 unspecified atom stereocenters. The summed E-state index contributed by atoms with van der Waals surface area (Å²) in [6, 6.07) is 0. The molecule has 0 bridgehead atoms. The molecule has 0 saturated carbocycles. The fourth-order valence-corrected chi connectivity index (χ4v) is 1.92. The molecule has 2 atom stereocenters. The summed E-state index contributed by atoms with van der Waals surface area (Å²) in [5.41, 5.74) is -0.528. The average Bonchev–Trinajstić information content (AvgIpc) is 2.26. The standard InChI is InChI=1S/C15H24O4/c1-7-9-13(18-11(3)16)15(5,6)14(10-8-2)19-12(4)17/h7-8,13-14H,1-2,9-10H2,3-6H3/t13-,14-/m1/s1. The lowest BCUT2D eigenvalue weighted by atomic mass is 9.77. The summed E-state index contributed by atoms with van der Waals surface area (Å²) >= 11 is 0. The third-order valence-corrected chi connectivity index (χ3v) is 3.04. The Kier molecular flexibility index (Phi) is 7.12. The number of ether oxygens (including phenoxy) is 2. The van der Waals surface area contributed by atoms with Crippen LogP contribution >= 0.6 is 0 Å². The third kappa shape index (κ3) is 5.73. The highest BCUT2D eigenvalue weighted by Crippen LogP contribution is 2.34. The highest BCUT2D eigenvalue weighted by atomic mass is 16.6. The minimum atomic E-state index is -0.528. The molecule has 0 amide bonds. The van der Waals surface area contributed by atoms with Crippen LogP contribution in [0.5, 0.6) is 0 Å². The molecule has 0 fully saturated rings. The zero-order valence-electron chi connectivity index (χ0n) is 12.3. The first-order valence-corrected chi connectivity index (χ1v) is 6.31. The van der Waals surface area contributed by atoms with Gasteiger partial charge in [-0.05, 0) is 0 Å². The molecule has 0 saturated heterocycles. The van der Waals surface area contributed by atoms with E-state index in [4.69, 9.17) is 9.47 Å². The fraction of sp³-hybridized carbons (Fsp3) is 0.600. The third-order valence-electron chi connectivity index (χ3n) is 3.04. The highest BCUT2D eigenvalue weighted by molar-refractivity contribution is 5.67. The van der Waals surface area contributed by atoms with E-state index in [0.29, 0.717) is 12.8 Å². The fourth-order valence-electron chi connectivity index (χ4n) is 1.92. The molecular formula is C15H24O4. The number of esters is 2. The minimum Gasteiger partial charge on any atom is -0.462 e. The molecule has 0 radical (unpaired) electrons. The van der Waals surface area contributed by atoms with Gasteiger partial charge in [0.1, 0.15) is 12.2 Å². The zero-order chi connectivity index (χ0) is 15.1. The van der Waals surface area contributed by atoms with Crippen LogP contribution in [-0.4, -0.2) is 24.1 Å². The van der Waals surface area contributed by atoms with Crippen LogP contribution in [0.1, 0.15) is 40.5 Å². The normalized spacial score (nSPS) is 14.1. The van der Waals surface area contributed by atoms with E-state index in [1.807, 2.05) is 13.8 Å². The summed E-state index contributed by atoms with van der Waals surface area (Å²) in [6.07, 6.45) is 3.59. The maximum Gasteiger partial charge on any atom is 0.302 e. The lowest BCUT2D eigenvalue weighted by molar-refractivity contribution is -0.168. The van der Waals surface area contributed by atoms with Crippen molar-refractivity contribution in [2.45, 2.75) is 52.7 Å². The molecule has 108 valence electrons. The first kappa shape index (κ1) is 17.4. The summed E-state index contributed by atoms with van der Waals surface area (Å²) in [4.78, 5) is 22.4. The van der Waals surface area contributed by atoms with Gasteiger partial charge in [0.2, 0.25) is 0 Å². The molecule has 0 heterocycles. The maximum atomic E-state index is 11.2. The van der Waals surface area contributed by atoms with Gasteiger partial charge in [-0.3, -0.25) is 9.59 Å². The summed E-state index contributed by atoms with van der Waals surface area (Å²) in [7, 11) is 0. The van der Waals surface area contributed by atoms with E-state index in [1.54, 1.807) is 12.2 Å². The highest BCUT2D eigenvalue weighted by Gasteiger charge is 2.40. The van der Waals surface area contributed by atoms with Gasteiger partial charge in [-0.2, -0.15) is 0 Å². The van der Waals surface area contributed by atoms with Crippen LogP contribution < -0.4 is 0 Å². The van der Waals surface area contributed by atoms with Crippen molar-refractivity contribution in [1.29, 1.82) is 0 Å². The van der Waals surface area contributed by atoms with Gasteiger partial charge in [-0.25, -0.2) is 0 Å². The Hall–Kier alpha value is -1.58. The van der Waals surface area contributed by atoms with E-state index in [0.717, 1.165) is 0 Å². The molecule has 19 heavy (non-hydrogen) atoms. The van der Waals surface area contributed by atoms with Crippen molar-refractivity contribution in [3.05, 3.63) is 25.3 Å². The van der Waals surface area contributed by atoms with Crippen molar-refractivity contribution in [1.82, 2.24) is 0 Å². The molecule has 4 nitrogen and oxygen atoms in total. The van der Waals surface area contributed by atoms with Crippen LogP contribution in [0.15, 0.2) is 25.3 Å². The molecule has 0 aliphatic heterocycles. The van der Waals surface area contributed by atoms with Gasteiger partial charge < -0.3 is 9.47 Å². The van der Waals surface area contributed by atoms with Crippen LogP contribution in [0.4, 0.5) is 0 Å². The Bertz CT molecular complexity index is 312. The van der Waals surface area contributed by atoms with E-state index in [1.165, 1.54) is 13.8 Å². The Labute approximate surface area is 115 Å². The van der Waals surface area contributed by atoms with Gasteiger partial charge in [-0.15, -0.1) is 13.2 Å². The number of hydrogen-bond acceptors (Lipinski definition) is 4. The van der Waals surface area contributed by atoms with Gasteiger partial charge in [0.15, 0.2) is 0 Å². The van der Waals surface area contributed by atoms with Crippen LogP contribution in [0.2, 0.25) is 0 Å². The predicted octanol–water partition coefficient (Wildman–Crippen LogP) is 3.03. The monoisotopic (exact) mass is 268 g/mol. The predicted molar refractivity (Wildman–Crippen MR) is 74.5 cm³/mol. The van der Waals surface area contributed by atoms with E-state index in [-0.39, 0.29) is 11.9 Å². The number of hydrogen-bond donors (Lipinski definition) is 0. The topological polar surface area (TPSA) is 52.6 Å². The lowest BCUT2D eigenvalue weighted by Gasteiger charge is -2.38. The lowest BCUT2D eigenvalue weighted by Crippen LogP contribution is -2.44. The molecule has 0 aromatic carbocycles. The average molecular weight is 268 g/mol. The molecule has 4 heteroatoms. The number of rotatable bonds is 8. The van der Waals surface area contributed by atoms with Gasteiger partial charge in [0, 0.05) is 32.1 Å². The second kappa shape index (κ2) is 7.77. The quantitative estimate of drug-likeness (QED) is 0.501. The Morgan fingerprint density at radius 1 is 1.00 bits per heavy atom. The molecular weight excluding hydrogens is 244 g/mol. The van der Waals surface area contributed by atoms with E-state index >= 15 is 0 Å². The van der Waals surface area contributed by atoms with Crippen molar-refractivity contribution in [2.24, 2.45) is 5.41 Å². The first-order chi connectivity index (χ1) is 8.75. The van der Waals surface area contributed by atoms with Gasteiger partial charge in [0.05, 0.1) is 0 Å². The van der Waals surface area contributed by atoms with Crippen molar-refractivity contribution < 1.29 is 19.1 Å². The number of carbonyl (C=O) groups excluding carboxylic acids is 2. The van der Waals surface area contributed by atoms with Crippen LogP contribution in [0.25, 0.3) is 0 Å². The van der Waals surface area contributed by atoms with E-state index < -0.39 is 17.6 Å².